The van der Waals surface area contributed by atoms with Gasteiger partial charge in [-0.1, -0.05) is 30.3 Å². The molecule has 1 aromatic heterocycles. The third kappa shape index (κ3) is 4.47. The summed E-state index contributed by atoms with van der Waals surface area (Å²) in [6.45, 7) is 1.17. The van der Waals surface area contributed by atoms with Crippen LogP contribution in [0.15, 0.2) is 62.6 Å². The Morgan fingerprint density at radius 1 is 1.09 bits per heavy atom. The third-order valence-corrected chi connectivity index (χ3v) is 8.37. The Bertz CT molecular complexity index is 1320. The van der Waals surface area contributed by atoms with Gasteiger partial charge in [0.2, 0.25) is 15.9 Å². The lowest BCUT2D eigenvalue weighted by Crippen LogP contribution is -2.31. The fourth-order valence-electron chi connectivity index (χ4n) is 4.52. The summed E-state index contributed by atoms with van der Waals surface area (Å²) in [6.07, 6.45) is 4.00. The van der Waals surface area contributed by atoms with E-state index in [0.717, 1.165) is 31.2 Å². The molecule has 2 aliphatic rings. The molecule has 1 atom stereocenters. The van der Waals surface area contributed by atoms with Crippen molar-refractivity contribution in [3.05, 3.63) is 64.6 Å². The van der Waals surface area contributed by atoms with Crippen molar-refractivity contribution in [3.63, 3.8) is 0 Å². The van der Waals surface area contributed by atoms with Crippen LogP contribution in [0.1, 0.15) is 43.7 Å². The number of hydrogen-bond donors (Lipinski definition) is 1. The SMILES string of the molecule is O=C(CCn1c(=O)oc2cc(S(=O)(=O)N3CCCC3)ccc21)NC(c1ccccc1)C1CC1. The maximum absolute atomic E-state index is 12.8. The lowest BCUT2D eigenvalue weighted by atomic mass is 10.0. The molecule has 1 unspecified atom stereocenters. The van der Waals surface area contributed by atoms with E-state index in [2.05, 4.69) is 5.32 Å². The number of amides is 1. The molecule has 2 aromatic carbocycles. The highest BCUT2D eigenvalue weighted by Gasteiger charge is 2.33. The fraction of sp³-hybridized carbons (Fsp3) is 0.417. The molecule has 8 nitrogen and oxygen atoms in total. The van der Waals surface area contributed by atoms with Crippen molar-refractivity contribution in [1.82, 2.24) is 14.2 Å². The quantitative estimate of drug-likeness (QED) is 0.546. The largest absolute Gasteiger partial charge is 0.419 e. The first-order valence-corrected chi connectivity index (χ1v) is 12.9. The summed E-state index contributed by atoms with van der Waals surface area (Å²) in [5.41, 5.74) is 1.78. The molecule has 2 fully saturated rings. The normalized spacial score (nSPS) is 17.9. The molecule has 0 radical (unpaired) electrons. The summed E-state index contributed by atoms with van der Waals surface area (Å²) in [4.78, 5) is 25.2. The van der Waals surface area contributed by atoms with Crippen LogP contribution in [-0.2, 0) is 21.4 Å². The number of hydrogen-bond acceptors (Lipinski definition) is 5. The number of aryl methyl sites for hydroxylation is 1. The van der Waals surface area contributed by atoms with Crippen LogP contribution in [0.25, 0.3) is 11.1 Å². The number of benzene rings is 2. The van der Waals surface area contributed by atoms with Gasteiger partial charge in [0.1, 0.15) is 0 Å². The Morgan fingerprint density at radius 2 is 1.82 bits per heavy atom. The van der Waals surface area contributed by atoms with Gasteiger partial charge < -0.3 is 9.73 Å². The van der Waals surface area contributed by atoms with Gasteiger partial charge in [-0.05, 0) is 49.3 Å². The van der Waals surface area contributed by atoms with Crippen LogP contribution in [0.2, 0.25) is 0 Å². The zero-order valence-electron chi connectivity index (χ0n) is 18.3. The molecule has 1 aliphatic carbocycles. The van der Waals surface area contributed by atoms with Gasteiger partial charge >= 0.3 is 5.76 Å². The average molecular weight is 470 g/mol. The fourth-order valence-corrected chi connectivity index (χ4v) is 6.05. The Morgan fingerprint density at radius 3 is 2.52 bits per heavy atom. The number of aromatic nitrogens is 1. The molecular formula is C24H27N3O5S. The molecule has 1 amide bonds. The summed E-state index contributed by atoms with van der Waals surface area (Å²) in [5.74, 6) is -0.287. The van der Waals surface area contributed by atoms with Crippen LogP contribution in [-0.4, -0.2) is 36.3 Å². The summed E-state index contributed by atoms with van der Waals surface area (Å²) in [6, 6.07) is 14.4. The minimum atomic E-state index is -3.60. The predicted molar refractivity (Wildman–Crippen MR) is 123 cm³/mol. The highest BCUT2D eigenvalue weighted by atomic mass is 32.2. The molecule has 5 rings (SSSR count). The molecule has 0 bridgehead atoms. The molecule has 1 N–H and O–H groups in total. The van der Waals surface area contributed by atoms with Crippen molar-refractivity contribution < 1.29 is 17.6 Å². The third-order valence-electron chi connectivity index (χ3n) is 6.47. The number of nitrogens with zero attached hydrogens (tertiary/aromatic N) is 2. The summed E-state index contributed by atoms with van der Waals surface area (Å²) >= 11 is 0. The Labute approximate surface area is 192 Å². The van der Waals surface area contributed by atoms with Gasteiger partial charge in [-0.15, -0.1) is 0 Å². The van der Waals surface area contributed by atoms with E-state index in [1.165, 1.54) is 21.0 Å². The topological polar surface area (TPSA) is 102 Å². The van der Waals surface area contributed by atoms with Crippen LogP contribution >= 0.6 is 0 Å². The molecule has 174 valence electrons. The van der Waals surface area contributed by atoms with Crippen molar-refractivity contribution in [2.45, 2.75) is 49.6 Å². The minimum absolute atomic E-state index is 0.0186. The molecular weight excluding hydrogens is 442 g/mol. The number of nitrogens with one attached hydrogen (secondary N) is 1. The average Bonchev–Trinajstić information content (AvgIpc) is 3.38. The van der Waals surface area contributed by atoms with Crippen molar-refractivity contribution in [1.29, 1.82) is 0 Å². The van der Waals surface area contributed by atoms with Crippen LogP contribution in [0, 0.1) is 5.92 Å². The highest BCUT2D eigenvalue weighted by Crippen LogP contribution is 2.41. The van der Waals surface area contributed by atoms with Crippen LogP contribution < -0.4 is 11.1 Å². The van der Waals surface area contributed by atoms with Crippen molar-refractivity contribution in [2.24, 2.45) is 5.92 Å². The zero-order valence-corrected chi connectivity index (χ0v) is 19.1. The maximum Gasteiger partial charge on any atom is 0.419 e. The highest BCUT2D eigenvalue weighted by molar-refractivity contribution is 7.89. The van der Waals surface area contributed by atoms with E-state index in [9.17, 15) is 18.0 Å². The molecule has 1 aliphatic heterocycles. The molecule has 9 heteroatoms. The van der Waals surface area contributed by atoms with E-state index >= 15 is 0 Å². The Hall–Kier alpha value is -2.91. The lowest BCUT2D eigenvalue weighted by Gasteiger charge is -2.19. The number of oxazole rings is 1. The second-order valence-corrected chi connectivity index (χ2v) is 10.7. The number of rotatable bonds is 8. The first kappa shape index (κ1) is 21.9. The minimum Gasteiger partial charge on any atom is -0.408 e. The van der Waals surface area contributed by atoms with Gasteiger partial charge in [0.05, 0.1) is 16.5 Å². The van der Waals surface area contributed by atoms with Gasteiger partial charge in [0, 0.05) is 32.1 Å². The standard InChI is InChI=1S/C24H27N3O5S/c28-22(25-23(18-8-9-18)17-6-2-1-3-7-17)12-15-27-20-11-10-19(16-21(20)32-24(27)29)33(30,31)26-13-4-5-14-26/h1-3,6-7,10-11,16,18,23H,4-5,8-9,12-15H2,(H,25,28). The summed E-state index contributed by atoms with van der Waals surface area (Å²) in [5, 5.41) is 3.12. The van der Waals surface area contributed by atoms with E-state index in [0.29, 0.717) is 24.5 Å². The van der Waals surface area contributed by atoms with Crippen LogP contribution in [0.5, 0.6) is 0 Å². The molecule has 2 heterocycles. The van der Waals surface area contributed by atoms with Crippen molar-refractivity contribution in [2.75, 3.05) is 13.1 Å². The molecule has 0 spiro atoms. The van der Waals surface area contributed by atoms with Gasteiger partial charge in [-0.2, -0.15) is 4.31 Å². The number of fused-ring (bicyclic) bond motifs is 1. The number of carbonyl (C=O) groups excluding carboxylic acids is 1. The summed E-state index contributed by atoms with van der Waals surface area (Å²) < 4.78 is 33.8. The zero-order chi connectivity index (χ0) is 23.0. The monoisotopic (exact) mass is 469 g/mol. The second kappa shape index (κ2) is 8.79. The smallest absolute Gasteiger partial charge is 0.408 e. The van der Waals surface area contributed by atoms with Crippen molar-refractivity contribution >= 4 is 27.0 Å². The molecule has 3 aromatic rings. The lowest BCUT2D eigenvalue weighted by molar-refractivity contribution is -0.122. The molecule has 33 heavy (non-hydrogen) atoms. The van der Waals surface area contributed by atoms with E-state index in [1.807, 2.05) is 30.3 Å². The first-order chi connectivity index (χ1) is 15.9. The Balaban J connectivity index is 1.30. The molecule has 1 saturated heterocycles. The van der Waals surface area contributed by atoms with Gasteiger partial charge in [-0.25, -0.2) is 13.2 Å². The second-order valence-electron chi connectivity index (χ2n) is 8.80. The summed E-state index contributed by atoms with van der Waals surface area (Å²) in [7, 11) is -3.60. The van der Waals surface area contributed by atoms with E-state index in [1.54, 1.807) is 6.07 Å². The van der Waals surface area contributed by atoms with Gasteiger partial charge in [0.25, 0.3) is 0 Å². The maximum atomic E-state index is 12.8. The van der Waals surface area contributed by atoms with E-state index in [-0.39, 0.29) is 35.4 Å². The predicted octanol–water partition coefficient (Wildman–Crippen LogP) is 3.04. The van der Waals surface area contributed by atoms with Crippen LogP contribution in [0.3, 0.4) is 0 Å². The first-order valence-electron chi connectivity index (χ1n) is 11.4. The van der Waals surface area contributed by atoms with E-state index < -0.39 is 15.8 Å². The van der Waals surface area contributed by atoms with E-state index in [4.69, 9.17) is 4.42 Å². The number of carbonyl (C=O) groups is 1. The van der Waals surface area contributed by atoms with Gasteiger partial charge in [0.15, 0.2) is 5.58 Å². The molecule has 1 saturated carbocycles. The van der Waals surface area contributed by atoms with Crippen LogP contribution in [0.4, 0.5) is 0 Å². The number of sulfonamides is 1. The Kier molecular flexibility index (Phi) is 5.84. The van der Waals surface area contributed by atoms with Gasteiger partial charge in [-0.3, -0.25) is 9.36 Å². The van der Waals surface area contributed by atoms with Crippen molar-refractivity contribution in [3.8, 4) is 0 Å².